The maximum atomic E-state index is 13.9. The molecule has 1 fully saturated rings. The third kappa shape index (κ3) is 4.39. The van der Waals surface area contributed by atoms with Gasteiger partial charge in [-0.05, 0) is 61.8 Å². The molecule has 3 N–H and O–H groups in total. The molecule has 5 nitrogen and oxygen atoms in total. The Bertz CT molecular complexity index is 881. The van der Waals surface area contributed by atoms with Gasteiger partial charge in [0.05, 0.1) is 5.52 Å². The number of anilines is 1. The van der Waals surface area contributed by atoms with Gasteiger partial charge in [0.25, 0.3) is 0 Å². The molecule has 1 saturated heterocycles. The number of aromatic nitrogens is 2. The Balaban J connectivity index is 0.000000278. The largest absolute Gasteiger partial charge is 0.317 e. The highest BCUT2D eigenvalue weighted by atomic mass is 35.5. The number of H-pyrrole nitrogens is 1. The highest BCUT2D eigenvalue weighted by Gasteiger charge is 2.10. The highest BCUT2D eigenvalue weighted by Crippen LogP contribution is 2.30. The van der Waals surface area contributed by atoms with Crippen LogP contribution in [0.4, 0.5) is 10.2 Å². The molecule has 1 amide bonds. The summed E-state index contributed by atoms with van der Waals surface area (Å²) in [6.07, 6.45) is 4.76. The Morgan fingerprint density at radius 3 is 2.58 bits per heavy atom. The van der Waals surface area contributed by atoms with Gasteiger partial charge in [-0.15, -0.1) is 0 Å². The van der Waals surface area contributed by atoms with E-state index in [1.807, 2.05) is 0 Å². The van der Waals surface area contributed by atoms with E-state index in [0.29, 0.717) is 33.8 Å². The molecule has 2 heterocycles. The van der Waals surface area contributed by atoms with Crippen LogP contribution in [-0.2, 0) is 4.79 Å². The van der Waals surface area contributed by atoms with Gasteiger partial charge in [0.15, 0.2) is 5.82 Å². The van der Waals surface area contributed by atoms with Gasteiger partial charge in [-0.1, -0.05) is 24.1 Å². The summed E-state index contributed by atoms with van der Waals surface area (Å²) in [5.74, 6) is 0.0430. The number of rotatable bonds is 3. The van der Waals surface area contributed by atoms with Crippen molar-refractivity contribution < 1.29 is 9.18 Å². The molecule has 26 heavy (non-hydrogen) atoms. The lowest BCUT2D eigenvalue weighted by atomic mass is 10.0. The van der Waals surface area contributed by atoms with Crippen LogP contribution in [0.2, 0.25) is 5.02 Å². The lowest BCUT2D eigenvalue weighted by Gasteiger charge is -2.08. The van der Waals surface area contributed by atoms with Gasteiger partial charge in [0.1, 0.15) is 5.82 Å². The molecule has 136 valence electrons. The van der Waals surface area contributed by atoms with E-state index in [1.165, 1.54) is 44.5 Å². The van der Waals surface area contributed by atoms with E-state index >= 15 is 0 Å². The molecular weight excluding hydrogens is 355 g/mol. The smallest absolute Gasteiger partial charge is 0.212 e. The second-order valence-corrected chi connectivity index (χ2v) is 6.47. The van der Waals surface area contributed by atoms with E-state index in [2.05, 4.69) is 20.8 Å². The van der Waals surface area contributed by atoms with Crippen molar-refractivity contribution in [2.75, 3.05) is 18.4 Å². The highest BCUT2D eigenvalue weighted by molar-refractivity contribution is 6.30. The number of piperidine rings is 1. The monoisotopic (exact) mass is 374 g/mol. The minimum atomic E-state index is -0.359. The number of amides is 1. The molecule has 0 unspecified atom stereocenters. The van der Waals surface area contributed by atoms with Gasteiger partial charge in [-0.2, -0.15) is 5.10 Å². The Labute approximate surface area is 155 Å². The van der Waals surface area contributed by atoms with Crippen LogP contribution >= 0.6 is 11.6 Å². The van der Waals surface area contributed by atoms with E-state index < -0.39 is 0 Å². The zero-order chi connectivity index (χ0) is 18.4. The summed E-state index contributed by atoms with van der Waals surface area (Å²) in [7, 11) is 0. The summed E-state index contributed by atoms with van der Waals surface area (Å²) in [5, 5.41) is 13.7. The molecule has 0 atom stereocenters. The number of fused-ring (bicyclic) bond motifs is 1. The summed E-state index contributed by atoms with van der Waals surface area (Å²) < 4.78 is 13.9. The lowest BCUT2D eigenvalue weighted by Crippen LogP contribution is -2.21. The van der Waals surface area contributed by atoms with E-state index in [0.717, 1.165) is 5.52 Å². The molecule has 1 aromatic heterocycles. The maximum absolute atomic E-state index is 13.9. The average molecular weight is 375 g/mol. The van der Waals surface area contributed by atoms with Gasteiger partial charge in [0, 0.05) is 16.0 Å². The number of halogens is 2. The molecular formula is C19H20ClFN4O. The Hall–Kier alpha value is -2.44. The molecule has 0 aliphatic carbocycles. The first-order valence-electron chi connectivity index (χ1n) is 8.53. The fourth-order valence-corrected chi connectivity index (χ4v) is 3.04. The van der Waals surface area contributed by atoms with Crippen molar-refractivity contribution in [3.8, 4) is 11.1 Å². The Kier molecular flexibility index (Phi) is 6.20. The fourth-order valence-electron chi connectivity index (χ4n) is 2.87. The molecule has 4 rings (SSSR count). The van der Waals surface area contributed by atoms with Gasteiger partial charge in [-0.3, -0.25) is 9.89 Å². The first-order valence-corrected chi connectivity index (χ1v) is 8.91. The molecule has 0 spiro atoms. The van der Waals surface area contributed by atoms with Crippen LogP contribution in [0.25, 0.3) is 22.0 Å². The predicted octanol–water partition coefficient (Wildman–Crippen LogP) is 4.35. The predicted molar refractivity (Wildman–Crippen MR) is 103 cm³/mol. The van der Waals surface area contributed by atoms with Gasteiger partial charge in [0.2, 0.25) is 6.41 Å². The van der Waals surface area contributed by atoms with Crippen LogP contribution in [0.1, 0.15) is 19.3 Å². The van der Waals surface area contributed by atoms with Crippen LogP contribution in [0, 0.1) is 5.82 Å². The van der Waals surface area contributed by atoms with Crippen LogP contribution in [0.3, 0.4) is 0 Å². The van der Waals surface area contributed by atoms with E-state index in [4.69, 9.17) is 11.6 Å². The first kappa shape index (κ1) is 18.4. The zero-order valence-electron chi connectivity index (χ0n) is 14.2. The summed E-state index contributed by atoms with van der Waals surface area (Å²) in [4.78, 5) is 10.5. The molecule has 3 aromatic rings. The quantitative estimate of drug-likeness (QED) is 0.597. The lowest BCUT2D eigenvalue weighted by molar-refractivity contribution is -0.105. The Morgan fingerprint density at radius 2 is 1.92 bits per heavy atom. The molecule has 0 saturated carbocycles. The molecule has 0 radical (unpaired) electrons. The normalized spacial score (nSPS) is 13.8. The van der Waals surface area contributed by atoms with E-state index in [9.17, 15) is 9.18 Å². The second-order valence-electron chi connectivity index (χ2n) is 6.03. The molecule has 1 aliphatic rings. The number of nitrogens with one attached hydrogen (secondary N) is 3. The number of benzene rings is 2. The second kappa shape index (κ2) is 8.78. The van der Waals surface area contributed by atoms with Crippen molar-refractivity contribution in [3.63, 3.8) is 0 Å². The molecule has 1 aliphatic heterocycles. The number of nitrogens with zero attached hydrogens (tertiary/aromatic N) is 1. The number of hydrogen-bond acceptors (Lipinski definition) is 3. The van der Waals surface area contributed by atoms with Crippen LogP contribution < -0.4 is 10.6 Å². The van der Waals surface area contributed by atoms with Crippen LogP contribution in [0.15, 0.2) is 36.4 Å². The molecule has 7 heteroatoms. The Morgan fingerprint density at radius 1 is 1.12 bits per heavy atom. The van der Waals surface area contributed by atoms with Crippen molar-refractivity contribution in [3.05, 3.63) is 47.2 Å². The topological polar surface area (TPSA) is 69.8 Å². The van der Waals surface area contributed by atoms with Crippen molar-refractivity contribution in [1.29, 1.82) is 0 Å². The summed E-state index contributed by atoms with van der Waals surface area (Å²) in [5.41, 5.74) is 1.81. The SMILES string of the molecule is C1CCNCC1.O=CNc1n[nH]c2ccc(-c3cc(Cl)ccc3F)cc12. The summed E-state index contributed by atoms with van der Waals surface area (Å²) >= 11 is 5.90. The third-order valence-electron chi connectivity index (χ3n) is 4.21. The first-order chi connectivity index (χ1) is 12.7. The fraction of sp³-hybridized carbons (Fsp3) is 0.263. The van der Waals surface area contributed by atoms with Crippen LogP contribution in [-0.4, -0.2) is 29.7 Å². The van der Waals surface area contributed by atoms with Crippen molar-refractivity contribution in [2.24, 2.45) is 0 Å². The van der Waals surface area contributed by atoms with E-state index in [-0.39, 0.29) is 5.82 Å². The average Bonchev–Trinajstić information content (AvgIpc) is 3.08. The van der Waals surface area contributed by atoms with E-state index in [1.54, 1.807) is 24.3 Å². The minimum absolute atomic E-state index is 0.359. The van der Waals surface area contributed by atoms with Crippen LogP contribution in [0.5, 0.6) is 0 Å². The number of aromatic amines is 1. The number of hydrogen-bond donors (Lipinski definition) is 3. The van der Waals surface area contributed by atoms with Crippen molar-refractivity contribution in [2.45, 2.75) is 19.3 Å². The zero-order valence-corrected chi connectivity index (χ0v) is 14.9. The van der Waals surface area contributed by atoms with Gasteiger partial charge >= 0.3 is 0 Å². The van der Waals surface area contributed by atoms with Crippen molar-refractivity contribution in [1.82, 2.24) is 15.5 Å². The maximum Gasteiger partial charge on any atom is 0.212 e. The minimum Gasteiger partial charge on any atom is -0.317 e. The van der Waals surface area contributed by atoms with Gasteiger partial charge in [-0.25, -0.2) is 4.39 Å². The third-order valence-corrected chi connectivity index (χ3v) is 4.44. The standard InChI is InChI=1S/C14H9ClFN3O.C5H11N/c15-9-2-3-12(16)10(6-9)8-1-4-13-11(5-8)14(17-7-20)19-18-13;1-2-4-6-5-3-1/h1-7H,(H2,17,18,19,20);6H,1-5H2. The van der Waals surface area contributed by atoms with Gasteiger partial charge < -0.3 is 10.6 Å². The number of carbonyl (C=O) groups is 1. The number of carbonyl (C=O) groups excluding carboxylic acids is 1. The molecule has 2 aromatic carbocycles. The summed E-state index contributed by atoms with van der Waals surface area (Å²) in [6, 6.07) is 9.66. The molecule has 0 bridgehead atoms. The van der Waals surface area contributed by atoms with Crippen molar-refractivity contribution >= 4 is 34.7 Å². The summed E-state index contributed by atoms with van der Waals surface area (Å²) in [6.45, 7) is 2.50.